The van der Waals surface area contributed by atoms with Gasteiger partial charge in [0.1, 0.15) is 11.5 Å². The van der Waals surface area contributed by atoms with Crippen molar-refractivity contribution < 1.29 is 14.1 Å². The predicted molar refractivity (Wildman–Crippen MR) is 91.2 cm³/mol. The van der Waals surface area contributed by atoms with Gasteiger partial charge in [-0.15, -0.1) is 0 Å². The lowest BCUT2D eigenvalue weighted by Gasteiger charge is -1.99. The molecule has 0 spiro atoms. The van der Waals surface area contributed by atoms with Crippen molar-refractivity contribution in [3.05, 3.63) is 71.2 Å². The van der Waals surface area contributed by atoms with Crippen LogP contribution in [0.3, 0.4) is 0 Å². The van der Waals surface area contributed by atoms with Gasteiger partial charge in [0.15, 0.2) is 0 Å². The number of carbonyl (C=O) groups is 1. The van der Waals surface area contributed by atoms with Crippen molar-refractivity contribution in [3.8, 4) is 11.3 Å². The Morgan fingerprint density at radius 3 is 2.58 bits per heavy atom. The highest BCUT2D eigenvalue weighted by Gasteiger charge is 2.12. The number of hydrogen-bond acceptors (Lipinski definition) is 5. The second-order valence-corrected chi connectivity index (χ2v) is 5.16. The molecule has 0 aliphatic heterocycles. The topological polar surface area (TPSA) is 65.2 Å². The molecule has 5 nitrogen and oxygen atoms in total. The zero-order valence-corrected chi connectivity index (χ0v) is 13.4. The minimum absolute atomic E-state index is 0.403. The van der Waals surface area contributed by atoms with Gasteiger partial charge in [0.2, 0.25) is 0 Å². The van der Waals surface area contributed by atoms with E-state index in [4.69, 9.17) is 4.52 Å². The summed E-state index contributed by atoms with van der Waals surface area (Å²) in [4.78, 5) is 15.7. The molecule has 3 rings (SSSR count). The highest BCUT2D eigenvalue weighted by molar-refractivity contribution is 5.89. The van der Waals surface area contributed by atoms with E-state index in [0.29, 0.717) is 5.56 Å². The summed E-state index contributed by atoms with van der Waals surface area (Å²) in [6, 6.07) is 13.3. The lowest BCUT2D eigenvalue weighted by molar-refractivity contribution is 0.0600. The van der Waals surface area contributed by atoms with E-state index < -0.39 is 5.97 Å². The average Bonchev–Trinajstić information content (AvgIpc) is 3.01. The van der Waals surface area contributed by atoms with Crippen molar-refractivity contribution in [1.29, 1.82) is 0 Å². The highest BCUT2D eigenvalue weighted by Crippen LogP contribution is 2.26. The number of methoxy groups -OCH3 is 1. The third kappa shape index (κ3) is 3.25. The Balaban J connectivity index is 1.87. The van der Waals surface area contributed by atoms with Gasteiger partial charge in [-0.2, -0.15) is 0 Å². The standard InChI is InChI=1S/C19H16N2O3/c1-13-17(18(21-24-13)14-6-4-3-5-7-14)11-10-16-9-8-15(12-20-16)19(22)23-2/h3-12H,1-2H3. The van der Waals surface area contributed by atoms with Gasteiger partial charge in [-0.1, -0.05) is 35.5 Å². The summed E-state index contributed by atoms with van der Waals surface area (Å²) >= 11 is 0. The Bertz CT molecular complexity index is 865. The van der Waals surface area contributed by atoms with E-state index in [2.05, 4.69) is 14.9 Å². The fourth-order valence-corrected chi connectivity index (χ4v) is 2.29. The number of carbonyl (C=O) groups excluding carboxylic acids is 1. The summed E-state index contributed by atoms with van der Waals surface area (Å²) < 4.78 is 9.98. The Kier molecular flexibility index (Phi) is 4.52. The summed E-state index contributed by atoms with van der Waals surface area (Å²) in [6.07, 6.45) is 5.26. The smallest absolute Gasteiger partial charge is 0.339 e. The molecule has 0 aliphatic carbocycles. The summed E-state index contributed by atoms with van der Waals surface area (Å²) in [5.41, 5.74) is 3.82. The second-order valence-electron chi connectivity index (χ2n) is 5.16. The van der Waals surface area contributed by atoms with Gasteiger partial charge in [0.25, 0.3) is 0 Å². The monoisotopic (exact) mass is 320 g/mol. The average molecular weight is 320 g/mol. The molecule has 0 amide bonds. The van der Waals surface area contributed by atoms with Crippen LogP contribution < -0.4 is 0 Å². The van der Waals surface area contributed by atoms with E-state index >= 15 is 0 Å². The van der Waals surface area contributed by atoms with Crippen LogP contribution >= 0.6 is 0 Å². The molecule has 2 aromatic heterocycles. The Hall–Kier alpha value is -3.21. The molecule has 0 bridgehead atoms. The molecular weight excluding hydrogens is 304 g/mol. The fraction of sp³-hybridized carbons (Fsp3) is 0.105. The van der Waals surface area contributed by atoms with Crippen LogP contribution in [0, 0.1) is 6.92 Å². The van der Waals surface area contributed by atoms with Gasteiger partial charge in [0.05, 0.1) is 18.4 Å². The Morgan fingerprint density at radius 1 is 1.12 bits per heavy atom. The number of aromatic nitrogens is 2. The third-order valence-corrected chi connectivity index (χ3v) is 3.58. The first kappa shape index (κ1) is 15.7. The number of esters is 1. The summed E-state index contributed by atoms with van der Waals surface area (Å²) in [5, 5.41) is 4.14. The van der Waals surface area contributed by atoms with Gasteiger partial charge < -0.3 is 9.26 Å². The number of benzene rings is 1. The molecule has 0 N–H and O–H groups in total. The van der Waals surface area contributed by atoms with Crippen LogP contribution in [0.15, 0.2) is 53.2 Å². The Labute approximate surface area is 139 Å². The van der Waals surface area contributed by atoms with Crippen molar-refractivity contribution in [2.24, 2.45) is 0 Å². The van der Waals surface area contributed by atoms with Gasteiger partial charge in [-0.3, -0.25) is 4.98 Å². The van der Waals surface area contributed by atoms with Gasteiger partial charge in [-0.05, 0) is 31.2 Å². The van der Waals surface area contributed by atoms with Gasteiger partial charge in [0, 0.05) is 17.3 Å². The normalized spacial score (nSPS) is 10.9. The van der Waals surface area contributed by atoms with E-state index in [1.54, 1.807) is 12.1 Å². The van der Waals surface area contributed by atoms with Crippen LogP contribution in [0.25, 0.3) is 23.4 Å². The first-order chi connectivity index (χ1) is 11.7. The van der Waals surface area contributed by atoms with Gasteiger partial charge in [-0.25, -0.2) is 4.79 Å². The summed E-state index contributed by atoms with van der Waals surface area (Å²) in [5.74, 6) is 0.329. The molecule has 5 heteroatoms. The largest absolute Gasteiger partial charge is 0.465 e. The maximum Gasteiger partial charge on any atom is 0.339 e. The van der Waals surface area contributed by atoms with Crippen molar-refractivity contribution in [2.45, 2.75) is 6.92 Å². The number of ether oxygens (including phenoxy) is 1. The zero-order valence-electron chi connectivity index (χ0n) is 13.4. The molecule has 0 fully saturated rings. The maximum atomic E-state index is 11.4. The van der Waals surface area contributed by atoms with E-state index in [1.807, 2.05) is 49.4 Å². The van der Waals surface area contributed by atoms with E-state index in [0.717, 1.165) is 28.3 Å². The van der Waals surface area contributed by atoms with Crippen LogP contribution in [0.1, 0.15) is 27.4 Å². The van der Waals surface area contributed by atoms with Crippen molar-refractivity contribution >= 4 is 18.1 Å². The summed E-state index contributed by atoms with van der Waals surface area (Å²) in [6.45, 7) is 1.87. The predicted octanol–water partition coefficient (Wildman–Crippen LogP) is 4.00. The zero-order chi connectivity index (χ0) is 16.9. The molecule has 3 aromatic rings. The van der Waals surface area contributed by atoms with Crippen molar-refractivity contribution in [3.63, 3.8) is 0 Å². The molecule has 0 aliphatic rings. The van der Waals surface area contributed by atoms with E-state index in [-0.39, 0.29) is 0 Å². The minimum Gasteiger partial charge on any atom is -0.465 e. The number of pyridine rings is 1. The molecule has 0 unspecified atom stereocenters. The van der Waals surface area contributed by atoms with E-state index in [1.165, 1.54) is 13.3 Å². The molecule has 0 atom stereocenters. The summed E-state index contributed by atoms with van der Waals surface area (Å²) in [7, 11) is 1.34. The molecule has 24 heavy (non-hydrogen) atoms. The Morgan fingerprint density at radius 2 is 1.92 bits per heavy atom. The number of rotatable bonds is 4. The molecule has 0 radical (unpaired) electrons. The quantitative estimate of drug-likeness (QED) is 0.680. The SMILES string of the molecule is COC(=O)c1ccc(C=Cc2c(-c3ccccc3)noc2C)nc1. The maximum absolute atomic E-state index is 11.4. The lowest BCUT2D eigenvalue weighted by Crippen LogP contribution is -2.01. The minimum atomic E-state index is -0.403. The molecule has 120 valence electrons. The van der Waals surface area contributed by atoms with Crippen LogP contribution in [-0.4, -0.2) is 23.2 Å². The van der Waals surface area contributed by atoms with Crippen LogP contribution in [-0.2, 0) is 4.74 Å². The number of hydrogen-bond donors (Lipinski definition) is 0. The molecule has 1 aromatic carbocycles. The second kappa shape index (κ2) is 6.91. The van der Waals surface area contributed by atoms with Gasteiger partial charge >= 0.3 is 5.97 Å². The number of nitrogens with zero attached hydrogens (tertiary/aromatic N) is 2. The molecule has 0 saturated carbocycles. The highest BCUT2D eigenvalue weighted by atomic mass is 16.5. The molecular formula is C19H16N2O3. The van der Waals surface area contributed by atoms with Crippen molar-refractivity contribution in [1.82, 2.24) is 10.1 Å². The van der Waals surface area contributed by atoms with Crippen molar-refractivity contribution in [2.75, 3.05) is 7.11 Å². The molecule has 0 saturated heterocycles. The lowest BCUT2D eigenvalue weighted by atomic mass is 10.1. The first-order valence-corrected chi connectivity index (χ1v) is 7.43. The molecule has 2 heterocycles. The fourth-order valence-electron chi connectivity index (χ4n) is 2.29. The van der Waals surface area contributed by atoms with Crippen LogP contribution in [0.4, 0.5) is 0 Å². The number of aryl methyl sites for hydroxylation is 1. The van der Waals surface area contributed by atoms with E-state index in [9.17, 15) is 4.79 Å². The van der Waals surface area contributed by atoms with Crippen LogP contribution in [0.5, 0.6) is 0 Å². The first-order valence-electron chi connectivity index (χ1n) is 7.43. The third-order valence-electron chi connectivity index (χ3n) is 3.58. The van der Waals surface area contributed by atoms with Crippen LogP contribution in [0.2, 0.25) is 0 Å².